The molecule has 0 spiro atoms. The molecule has 6 nitrogen and oxygen atoms in total. The van der Waals surface area contributed by atoms with E-state index in [0.29, 0.717) is 22.0 Å². The maximum absolute atomic E-state index is 12.2. The van der Waals surface area contributed by atoms with E-state index < -0.39 is 5.97 Å². The van der Waals surface area contributed by atoms with Gasteiger partial charge in [-0.15, -0.1) is 11.3 Å². The molecule has 0 aliphatic heterocycles. The van der Waals surface area contributed by atoms with Gasteiger partial charge in [0.05, 0.1) is 12.7 Å². The van der Waals surface area contributed by atoms with E-state index >= 15 is 0 Å². The van der Waals surface area contributed by atoms with Crippen molar-refractivity contribution in [3.8, 4) is 17.1 Å². The normalized spacial score (nSPS) is 10.8. The summed E-state index contributed by atoms with van der Waals surface area (Å²) in [6.07, 6.45) is 0. The molecule has 7 heteroatoms. The molecule has 0 radical (unpaired) electrons. The molecule has 0 fully saturated rings. The fourth-order valence-electron chi connectivity index (χ4n) is 2.53. The standard InChI is InChI=1S/C19H14N2O4S/c1-23-14-8-4-3-7-13(14)18-20-17(25-21-18)11-24-19(22)16-10-12-6-2-5-9-15(12)26-16/h2-10H,11H2,1H3. The number of rotatable bonds is 5. The fraction of sp³-hybridized carbons (Fsp3) is 0.105. The van der Waals surface area contributed by atoms with Crippen LogP contribution in [0.1, 0.15) is 15.6 Å². The molecule has 130 valence electrons. The number of carbonyl (C=O) groups excluding carboxylic acids is 1. The maximum Gasteiger partial charge on any atom is 0.348 e. The lowest BCUT2D eigenvalue weighted by molar-refractivity contribution is 0.0435. The van der Waals surface area contributed by atoms with Crippen LogP contribution in [0.15, 0.2) is 59.1 Å². The van der Waals surface area contributed by atoms with Crippen LogP contribution in [0.5, 0.6) is 5.75 Å². The average molecular weight is 366 g/mol. The summed E-state index contributed by atoms with van der Waals surface area (Å²) in [6.45, 7) is -0.0881. The van der Waals surface area contributed by atoms with Crippen LogP contribution < -0.4 is 4.74 Å². The molecule has 4 rings (SSSR count). The Kier molecular flexibility index (Phi) is 4.37. The van der Waals surface area contributed by atoms with E-state index in [-0.39, 0.29) is 12.5 Å². The SMILES string of the molecule is COc1ccccc1-c1noc(COC(=O)c2cc3ccccc3s2)n1. The van der Waals surface area contributed by atoms with Gasteiger partial charge in [-0.25, -0.2) is 4.79 Å². The molecule has 0 N–H and O–H groups in total. The Morgan fingerprint density at radius 2 is 1.96 bits per heavy atom. The molecule has 0 aliphatic rings. The lowest BCUT2D eigenvalue weighted by Crippen LogP contribution is -2.03. The van der Waals surface area contributed by atoms with E-state index in [4.69, 9.17) is 14.0 Å². The van der Waals surface area contributed by atoms with Gasteiger partial charge in [0, 0.05) is 4.70 Å². The van der Waals surface area contributed by atoms with Gasteiger partial charge in [0.1, 0.15) is 10.6 Å². The number of para-hydroxylation sites is 1. The molecule has 2 aromatic heterocycles. The molecule has 2 heterocycles. The largest absolute Gasteiger partial charge is 0.496 e. The van der Waals surface area contributed by atoms with Crippen molar-refractivity contribution in [1.82, 2.24) is 10.1 Å². The minimum absolute atomic E-state index is 0.0881. The van der Waals surface area contributed by atoms with Crippen LogP contribution in [0, 0.1) is 0 Å². The molecular formula is C19H14N2O4S. The van der Waals surface area contributed by atoms with E-state index in [1.165, 1.54) is 11.3 Å². The van der Waals surface area contributed by atoms with Gasteiger partial charge in [-0.05, 0) is 29.7 Å². The molecule has 0 aliphatic carbocycles. The quantitative estimate of drug-likeness (QED) is 0.490. The summed E-state index contributed by atoms with van der Waals surface area (Å²) in [7, 11) is 1.58. The van der Waals surface area contributed by atoms with Gasteiger partial charge in [0.15, 0.2) is 6.61 Å². The van der Waals surface area contributed by atoms with E-state index in [1.807, 2.05) is 54.6 Å². The lowest BCUT2D eigenvalue weighted by atomic mass is 10.2. The lowest BCUT2D eigenvalue weighted by Gasteiger charge is -2.03. The zero-order chi connectivity index (χ0) is 17.9. The third-order valence-corrected chi connectivity index (χ3v) is 4.87. The monoisotopic (exact) mass is 366 g/mol. The minimum atomic E-state index is -0.414. The first-order chi connectivity index (χ1) is 12.7. The first-order valence-electron chi connectivity index (χ1n) is 7.86. The van der Waals surface area contributed by atoms with Crippen molar-refractivity contribution in [2.45, 2.75) is 6.61 Å². The van der Waals surface area contributed by atoms with Gasteiger partial charge in [-0.1, -0.05) is 35.5 Å². The van der Waals surface area contributed by atoms with Crippen LogP contribution >= 0.6 is 11.3 Å². The predicted octanol–water partition coefficient (Wildman–Crippen LogP) is 4.32. The van der Waals surface area contributed by atoms with Crippen molar-refractivity contribution in [2.24, 2.45) is 0 Å². The number of carbonyl (C=O) groups is 1. The van der Waals surface area contributed by atoms with Crippen molar-refractivity contribution in [1.29, 1.82) is 0 Å². The van der Waals surface area contributed by atoms with Gasteiger partial charge < -0.3 is 14.0 Å². The molecular weight excluding hydrogens is 352 g/mol. The zero-order valence-corrected chi connectivity index (χ0v) is 14.7. The molecule has 4 aromatic rings. The van der Waals surface area contributed by atoms with Crippen LogP contribution in [0.25, 0.3) is 21.5 Å². The topological polar surface area (TPSA) is 74.5 Å². The van der Waals surface area contributed by atoms with Crippen LogP contribution in [0.3, 0.4) is 0 Å². The summed E-state index contributed by atoms with van der Waals surface area (Å²) in [5.41, 5.74) is 0.709. The van der Waals surface area contributed by atoms with Crippen LogP contribution in [0.4, 0.5) is 0 Å². The number of ether oxygens (including phenoxy) is 2. The molecule has 26 heavy (non-hydrogen) atoms. The summed E-state index contributed by atoms with van der Waals surface area (Å²) in [6, 6.07) is 17.0. The number of hydrogen-bond donors (Lipinski definition) is 0. The number of fused-ring (bicyclic) bond motifs is 1. The summed E-state index contributed by atoms with van der Waals surface area (Å²) in [5.74, 6) is 0.834. The first-order valence-corrected chi connectivity index (χ1v) is 8.68. The second-order valence-electron chi connectivity index (χ2n) is 5.44. The smallest absolute Gasteiger partial charge is 0.348 e. The molecule has 2 aromatic carbocycles. The number of methoxy groups -OCH3 is 1. The number of hydrogen-bond acceptors (Lipinski definition) is 7. The van der Waals surface area contributed by atoms with Gasteiger partial charge in [0.2, 0.25) is 5.82 Å². The predicted molar refractivity (Wildman–Crippen MR) is 97.2 cm³/mol. The molecule has 0 amide bonds. The van der Waals surface area contributed by atoms with Gasteiger partial charge >= 0.3 is 5.97 Å². The summed E-state index contributed by atoms with van der Waals surface area (Å²) < 4.78 is 16.8. The fourth-order valence-corrected chi connectivity index (χ4v) is 3.49. The Bertz CT molecular complexity index is 1040. The van der Waals surface area contributed by atoms with Crippen LogP contribution in [-0.2, 0) is 11.3 Å². The highest BCUT2D eigenvalue weighted by Crippen LogP contribution is 2.28. The Labute approximate surface area is 153 Å². The number of esters is 1. The Hall–Kier alpha value is -3.19. The third-order valence-electron chi connectivity index (χ3n) is 3.77. The van der Waals surface area contributed by atoms with Crippen molar-refractivity contribution >= 4 is 27.4 Å². The van der Waals surface area contributed by atoms with E-state index in [2.05, 4.69) is 10.1 Å². The van der Waals surface area contributed by atoms with Crippen molar-refractivity contribution in [2.75, 3.05) is 7.11 Å². The first kappa shape index (κ1) is 16.3. The summed E-state index contributed by atoms with van der Waals surface area (Å²) in [5, 5.41) is 4.94. The summed E-state index contributed by atoms with van der Waals surface area (Å²) >= 11 is 1.39. The van der Waals surface area contributed by atoms with E-state index in [1.54, 1.807) is 7.11 Å². The average Bonchev–Trinajstić information content (AvgIpc) is 3.33. The zero-order valence-electron chi connectivity index (χ0n) is 13.8. The number of nitrogens with zero attached hydrogens (tertiary/aromatic N) is 2. The number of thiophene rings is 1. The minimum Gasteiger partial charge on any atom is -0.496 e. The Morgan fingerprint density at radius 1 is 1.15 bits per heavy atom. The molecule has 0 saturated carbocycles. The van der Waals surface area contributed by atoms with Crippen molar-refractivity contribution < 1.29 is 18.8 Å². The van der Waals surface area contributed by atoms with Crippen molar-refractivity contribution in [3.63, 3.8) is 0 Å². The third kappa shape index (κ3) is 3.16. The van der Waals surface area contributed by atoms with Gasteiger partial charge in [0.25, 0.3) is 5.89 Å². The highest BCUT2D eigenvalue weighted by Gasteiger charge is 2.16. The van der Waals surface area contributed by atoms with Crippen molar-refractivity contribution in [3.05, 3.63) is 65.4 Å². The molecule has 0 bridgehead atoms. The highest BCUT2D eigenvalue weighted by atomic mass is 32.1. The number of aromatic nitrogens is 2. The van der Waals surface area contributed by atoms with Crippen LogP contribution in [0.2, 0.25) is 0 Å². The maximum atomic E-state index is 12.2. The molecule has 0 atom stereocenters. The Morgan fingerprint density at radius 3 is 2.81 bits per heavy atom. The molecule has 0 unspecified atom stereocenters. The Balaban J connectivity index is 1.47. The molecule has 0 saturated heterocycles. The van der Waals surface area contributed by atoms with Crippen LogP contribution in [-0.4, -0.2) is 23.2 Å². The van der Waals surface area contributed by atoms with E-state index in [0.717, 1.165) is 10.1 Å². The second-order valence-corrected chi connectivity index (χ2v) is 6.52. The van der Waals surface area contributed by atoms with E-state index in [9.17, 15) is 4.79 Å². The second kappa shape index (κ2) is 6.97. The summed E-state index contributed by atoms with van der Waals surface area (Å²) in [4.78, 5) is 17.0. The highest BCUT2D eigenvalue weighted by molar-refractivity contribution is 7.20. The van der Waals surface area contributed by atoms with Gasteiger partial charge in [-0.2, -0.15) is 4.98 Å². The number of benzene rings is 2. The van der Waals surface area contributed by atoms with Gasteiger partial charge in [-0.3, -0.25) is 0 Å².